The van der Waals surface area contributed by atoms with Crippen LogP contribution in [0.15, 0.2) is 60.8 Å². The summed E-state index contributed by atoms with van der Waals surface area (Å²) in [6.45, 7) is 7.35. The molecule has 0 radical (unpaired) electrons. The van der Waals surface area contributed by atoms with Crippen molar-refractivity contribution in [1.29, 1.82) is 0 Å². The third-order valence-corrected chi connectivity index (χ3v) is 5.70. The Hall–Kier alpha value is -3.48. The number of aliphatic carboxylic acids is 1. The van der Waals surface area contributed by atoms with Crippen LogP contribution in [-0.2, 0) is 17.8 Å². The van der Waals surface area contributed by atoms with E-state index in [1.54, 1.807) is 19.1 Å². The van der Waals surface area contributed by atoms with Crippen LogP contribution >= 0.6 is 0 Å². The lowest BCUT2D eigenvalue weighted by molar-refractivity contribution is -0.154. The van der Waals surface area contributed by atoms with Crippen LogP contribution in [0.1, 0.15) is 57.6 Å². The number of rotatable bonds is 15. The zero-order valence-corrected chi connectivity index (χ0v) is 20.9. The highest BCUT2D eigenvalue weighted by molar-refractivity contribution is 5.77. The fourth-order valence-electron chi connectivity index (χ4n) is 3.90. The van der Waals surface area contributed by atoms with Gasteiger partial charge in [0.05, 0.1) is 19.8 Å². The second-order valence-electron chi connectivity index (χ2n) is 8.74. The molecule has 7 heteroatoms. The first-order valence-corrected chi connectivity index (χ1v) is 12.3. The molecule has 1 N–H and O–H groups in total. The van der Waals surface area contributed by atoms with E-state index in [1.807, 2.05) is 48.9 Å². The zero-order chi connectivity index (χ0) is 25.1. The minimum atomic E-state index is -1.25. The fourth-order valence-corrected chi connectivity index (χ4v) is 3.90. The van der Waals surface area contributed by atoms with Crippen LogP contribution in [0.5, 0.6) is 17.4 Å². The third-order valence-electron chi connectivity index (χ3n) is 5.70. The molecular weight excluding hydrogens is 444 g/mol. The van der Waals surface area contributed by atoms with Gasteiger partial charge in [-0.2, -0.15) is 0 Å². The van der Waals surface area contributed by atoms with Gasteiger partial charge in [0.1, 0.15) is 11.5 Å². The minimum absolute atomic E-state index is 0.430. The van der Waals surface area contributed by atoms with E-state index in [0.717, 1.165) is 31.2 Å². The van der Waals surface area contributed by atoms with Crippen molar-refractivity contribution in [2.75, 3.05) is 13.2 Å². The van der Waals surface area contributed by atoms with Gasteiger partial charge in [-0.25, -0.2) is 4.79 Å². The number of carbonyl (C=O) groups is 1. The lowest BCUT2D eigenvalue weighted by atomic mass is 10.0. The summed E-state index contributed by atoms with van der Waals surface area (Å²) in [4.78, 5) is 11.6. The van der Waals surface area contributed by atoms with Crippen molar-refractivity contribution in [3.05, 3.63) is 71.9 Å². The molecule has 0 amide bonds. The second-order valence-corrected chi connectivity index (χ2v) is 8.74. The first-order valence-electron chi connectivity index (χ1n) is 12.3. The molecule has 0 bridgehead atoms. The minimum Gasteiger partial charge on any atom is -0.493 e. The number of carboxylic acid groups (broad SMARTS) is 1. The number of hydrogen-bond acceptors (Lipinski definition) is 5. The normalized spacial score (nSPS) is 12.7. The molecule has 0 aliphatic carbocycles. The van der Waals surface area contributed by atoms with Gasteiger partial charge in [0.2, 0.25) is 11.5 Å². The van der Waals surface area contributed by atoms with E-state index in [-0.39, 0.29) is 0 Å². The lowest BCUT2D eigenvalue weighted by Crippen LogP contribution is -2.41. The second kappa shape index (κ2) is 12.8. The van der Waals surface area contributed by atoms with Gasteiger partial charge >= 0.3 is 5.97 Å². The Kier molecular flexibility index (Phi) is 9.58. The molecule has 188 valence electrons. The van der Waals surface area contributed by atoms with E-state index >= 15 is 0 Å². The van der Waals surface area contributed by atoms with E-state index in [2.05, 4.69) is 23.4 Å². The number of aryl methyl sites for hydroxylation is 1. The van der Waals surface area contributed by atoms with Gasteiger partial charge in [-0.1, -0.05) is 49.7 Å². The molecule has 0 saturated heterocycles. The lowest BCUT2D eigenvalue weighted by Gasteiger charge is -2.26. The highest BCUT2D eigenvalue weighted by Gasteiger charge is 2.34. The number of nitrogens with zero attached hydrogens (tertiary/aromatic N) is 2. The van der Waals surface area contributed by atoms with E-state index in [4.69, 9.17) is 14.2 Å². The van der Waals surface area contributed by atoms with Crippen LogP contribution in [0, 0.1) is 0 Å². The summed E-state index contributed by atoms with van der Waals surface area (Å²) in [6, 6.07) is 17.4. The van der Waals surface area contributed by atoms with Gasteiger partial charge in [-0.15, -0.1) is 5.10 Å². The van der Waals surface area contributed by atoms with Crippen LogP contribution in [0.25, 0.3) is 0 Å². The fraction of sp³-hybridized carbons (Fsp3) is 0.429. The van der Waals surface area contributed by atoms with Crippen molar-refractivity contribution in [2.45, 2.75) is 65.0 Å². The van der Waals surface area contributed by atoms with Crippen molar-refractivity contribution in [1.82, 2.24) is 9.78 Å². The predicted molar refractivity (Wildman–Crippen MR) is 135 cm³/mol. The van der Waals surface area contributed by atoms with Gasteiger partial charge in [-0.3, -0.25) is 4.68 Å². The van der Waals surface area contributed by atoms with Gasteiger partial charge in [0.25, 0.3) is 0 Å². The Labute approximate surface area is 207 Å². The molecule has 1 unspecified atom stereocenters. The number of unbranched alkanes of at least 4 members (excludes halogenated alkanes) is 1. The van der Waals surface area contributed by atoms with Crippen LogP contribution in [0.4, 0.5) is 0 Å². The van der Waals surface area contributed by atoms with Crippen LogP contribution < -0.4 is 14.2 Å². The molecule has 1 atom stereocenters. The summed E-state index contributed by atoms with van der Waals surface area (Å²) in [5, 5.41) is 14.2. The zero-order valence-electron chi connectivity index (χ0n) is 20.9. The number of hydrogen-bond donors (Lipinski definition) is 1. The molecule has 0 aliphatic heterocycles. The molecule has 3 aromatic rings. The molecule has 1 heterocycles. The molecule has 7 nitrogen and oxygen atoms in total. The van der Waals surface area contributed by atoms with Crippen molar-refractivity contribution >= 4 is 5.97 Å². The summed E-state index contributed by atoms with van der Waals surface area (Å²) in [5.74, 6) is 0.886. The number of benzene rings is 2. The van der Waals surface area contributed by atoms with Crippen molar-refractivity contribution < 1.29 is 24.1 Å². The Morgan fingerprint density at radius 3 is 2.51 bits per heavy atom. The van der Waals surface area contributed by atoms with E-state index in [0.29, 0.717) is 43.6 Å². The maximum atomic E-state index is 11.6. The van der Waals surface area contributed by atoms with Crippen LogP contribution in [0.2, 0.25) is 0 Å². The summed E-state index contributed by atoms with van der Waals surface area (Å²) >= 11 is 0. The van der Waals surface area contributed by atoms with Crippen LogP contribution in [-0.4, -0.2) is 39.7 Å². The largest absolute Gasteiger partial charge is 0.493 e. The topological polar surface area (TPSA) is 82.8 Å². The average Bonchev–Trinajstić information content (AvgIpc) is 3.21. The molecule has 35 heavy (non-hydrogen) atoms. The average molecular weight is 481 g/mol. The highest BCUT2D eigenvalue weighted by Crippen LogP contribution is 2.27. The van der Waals surface area contributed by atoms with Crippen molar-refractivity contribution in [2.24, 2.45) is 0 Å². The SMILES string of the molecule is CCCC(C)(Oc1cccc(OCCCCc2cn(Cc3ccccc3)nc2OCC)c1)C(=O)O. The summed E-state index contributed by atoms with van der Waals surface area (Å²) < 4.78 is 19.4. The van der Waals surface area contributed by atoms with Gasteiger partial charge in [-0.05, 0) is 57.2 Å². The Balaban J connectivity index is 1.50. The smallest absolute Gasteiger partial charge is 0.347 e. The Bertz CT molecular complexity index is 1070. The Morgan fingerprint density at radius 1 is 1.03 bits per heavy atom. The third kappa shape index (κ3) is 7.77. The molecular formula is C28H36N2O5. The first-order chi connectivity index (χ1) is 16.9. The number of ether oxygens (including phenoxy) is 3. The summed E-state index contributed by atoms with van der Waals surface area (Å²) in [6.07, 6.45) is 5.86. The number of aromatic nitrogens is 2. The summed E-state index contributed by atoms with van der Waals surface area (Å²) in [5.41, 5.74) is 1.04. The van der Waals surface area contributed by atoms with Gasteiger partial charge < -0.3 is 19.3 Å². The first kappa shape index (κ1) is 26.1. The molecule has 1 aromatic heterocycles. The quantitative estimate of drug-likeness (QED) is 0.279. The summed E-state index contributed by atoms with van der Waals surface area (Å²) in [7, 11) is 0. The monoisotopic (exact) mass is 480 g/mol. The van der Waals surface area contributed by atoms with Gasteiger partial charge in [0, 0.05) is 17.8 Å². The predicted octanol–water partition coefficient (Wildman–Crippen LogP) is 5.75. The van der Waals surface area contributed by atoms with E-state index < -0.39 is 11.6 Å². The molecule has 0 aliphatic rings. The van der Waals surface area contributed by atoms with Crippen molar-refractivity contribution in [3.8, 4) is 17.4 Å². The van der Waals surface area contributed by atoms with Crippen molar-refractivity contribution in [3.63, 3.8) is 0 Å². The van der Waals surface area contributed by atoms with Crippen LogP contribution in [0.3, 0.4) is 0 Å². The molecule has 2 aromatic carbocycles. The molecule has 0 saturated carbocycles. The molecule has 3 rings (SSSR count). The highest BCUT2D eigenvalue weighted by atomic mass is 16.5. The molecule has 0 spiro atoms. The molecule has 0 fully saturated rings. The standard InChI is InChI=1S/C28H36N2O5/c1-4-17-28(3,27(31)32)35-25-16-11-15-24(19-25)34-18-10-9-14-23-21-30(29-26(23)33-5-2)20-22-12-7-6-8-13-22/h6-8,11-13,15-16,19,21H,4-5,9-10,14,17-18,20H2,1-3H3,(H,31,32). The van der Waals surface area contributed by atoms with E-state index in [9.17, 15) is 9.90 Å². The maximum Gasteiger partial charge on any atom is 0.347 e. The van der Waals surface area contributed by atoms with E-state index in [1.165, 1.54) is 5.56 Å². The number of carboxylic acids is 1. The Morgan fingerprint density at radius 2 is 1.80 bits per heavy atom. The van der Waals surface area contributed by atoms with Gasteiger partial charge in [0.15, 0.2) is 0 Å². The maximum absolute atomic E-state index is 11.6.